The van der Waals surface area contributed by atoms with Crippen LogP contribution in [0.1, 0.15) is 68.1 Å². The molecule has 3 heterocycles. The molecular formula is C33H46F2N8O3. The van der Waals surface area contributed by atoms with E-state index in [1.807, 2.05) is 0 Å². The third-order valence-corrected chi connectivity index (χ3v) is 10.3. The normalized spacial score (nSPS) is 23.6. The molecule has 1 aromatic carbocycles. The van der Waals surface area contributed by atoms with Gasteiger partial charge in [0.1, 0.15) is 11.4 Å². The van der Waals surface area contributed by atoms with Gasteiger partial charge in [0.25, 0.3) is 11.8 Å². The summed E-state index contributed by atoms with van der Waals surface area (Å²) in [6.45, 7) is 2.55. The molecule has 250 valence electrons. The maximum atomic E-state index is 15.0. The van der Waals surface area contributed by atoms with Gasteiger partial charge in [-0.15, -0.1) is 0 Å². The highest BCUT2D eigenvalue weighted by Gasteiger charge is 2.49. The Labute approximate surface area is 269 Å². The first-order valence-electron chi connectivity index (χ1n) is 16.6. The molecule has 4 aliphatic rings. The fourth-order valence-corrected chi connectivity index (χ4v) is 7.30. The van der Waals surface area contributed by atoms with E-state index in [1.54, 1.807) is 23.1 Å². The Balaban J connectivity index is 1.16. The van der Waals surface area contributed by atoms with Gasteiger partial charge in [0.15, 0.2) is 5.82 Å². The summed E-state index contributed by atoms with van der Waals surface area (Å²) >= 11 is 0. The van der Waals surface area contributed by atoms with Gasteiger partial charge >= 0.3 is 5.92 Å². The number of alkyl halides is 2. The van der Waals surface area contributed by atoms with Gasteiger partial charge < -0.3 is 35.4 Å². The van der Waals surface area contributed by atoms with E-state index in [2.05, 4.69) is 37.9 Å². The molecule has 0 unspecified atom stereocenters. The largest absolute Gasteiger partial charge is 0.495 e. The van der Waals surface area contributed by atoms with Crippen molar-refractivity contribution in [3.8, 4) is 5.75 Å². The average molecular weight is 641 g/mol. The predicted octanol–water partition coefficient (Wildman–Crippen LogP) is 4.17. The van der Waals surface area contributed by atoms with Crippen molar-refractivity contribution in [3.05, 3.63) is 30.0 Å². The summed E-state index contributed by atoms with van der Waals surface area (Å²) in [5.74, 6) is -3.50. The van der Waals surface area contributed by atoms with Crippen molar-refractivity contribution < 1.29 is 23.1 Å². The maximum absolute atomic E-state index is 15.0. The van der Waals surface area contributed by atoms with Gasteiger partial charge in [-0.1, -0.05) is 18.9 Å². The number of fused-ring (bicyclic) bond motifs is 1. The molecule has 2 aliphatic carbocycles. The lowest BCUT2D eigenvalue weighted by molar-refractivity contribution is -0.140. The second-order valence-corrected chi connectivity index (χ2v) is 13.3. The first-order chi connectivity index (χ1) is 22.1. The van der Waals surface area contributed by atoms with Crippen LogP contribution in [0, 0.1) is 5.92 Å². The summed E-state index contributed by atoms with van der Waals surface area (Å²) in [5.41, 5.74) is 0.971. The van der Waals surface area contributed by atoms with Crippen LogP contribution >= 0.6 is 0 Å². The van der Waals surface area contributed by atoms with Crippen molar-refractivity contribution in [1.82, 2.24) is 25.5 Å². The molecule has 0 spiro atoms. The topological polar surface area (TPSA) is 115 Å². The Morgan fingerprint density at radius 3 is 2.63 bits per heavy atom. The number of benzene rings is 1. The molecule has 2 amide bonds. The number of anilines is 4. The van der Waals surface area contributed by atoms with Crippen LogP contribution in [-0.2, 0) is 4.79 Å². The molecule has 2 saturated carbocycles. The zero-order valence-corrected chi connectivity index (χ0v) is 27.0. The van der Waals surface area contributed by atoms with Crippen molar-refractivity contribution >= 4 is 35.0 Å². The van der Waals surface area contributed by atoms with Gasteiger partial charge in [-0.25, -0.2) is 4.98 Å². The first kappa shape index (κ1) is 32.4. The lowest BCUT2D eigenvalue weighted by Crippen LogP contribution is -2.53. The summed E-state index contributed by atoms with van der Waals surface area (Å²) in [6.07, 6.45) is 10.2. The van der Waals surface area contributed by atoms with E-state index in [9.17, 15) is 9.59 Å². The molecule has 1 saturated heterocycles. The number of hydrogen-bond acceptors (Lipinski definition) is 9. The highest BCUT2D eigenvalue weighted by molar-refractivity contribution is 6.03. The Hall–Kier alpha value is -3.58. The van der Waals surface area contributed by atoms with E-state index in [0.29, 0.717) is 23.0 Å². The highest BCUT2D eigenvalue weighted by Crippen LogP contribution is 2.40. The van der Waals surface area contributed by atoms with Crippen LogP contribution in [-0.4, -0.2) is 98.1 Å². The van der Waals surface area contributed by atoms with E-state index in [4.69, 9.17) is 4.74 Å². The summed E-state index contributed by atoms with van der Waals surface area (Å²) in [6, 6.07) is 5.55. The van der Waals surface area contributed by atoms with Crippen molar-refractivity contribution in [2.24, 2.45) is 5.92 Å². The standard InChI is InChI=1S/C33H46F2N8O3/c1-41(16-13-21-11-14-36-15-12-21)24-17-22(18-24)38-30(44)25-9-6-10-27(46-3)28(25)39-32-37-19-26-29(40-32)43(23-7-4-5-8-23)20-33(34,35)31(45)42(26)2/h6,9-10,19,21-24,36H,4-5,7-8,11-18,20H2,1-3H3,(H,38,44)(H,37,39,40). The predicted molar refractivity (Wildman–Crippen MR) is 173 cm³/mol. The minimum Gasteiger partial charge on any atom is -0.495 e. The Bertz CT molecular complexity index is 1410. The third-order valence-electron chi connectivity index (χ3n) is 10.3. The van der Waals surface area contributed by atoms with Crippen LogP contribution in [0.25, 0.3) is 0 Å². The van der Waals surface area contributed by atoms with E-state index in [1.165, 1.54) is 39.6 Å². The van der Waals surface area contributed by atoms with Crippen molar-refractivity contribution in [3.63, 3.8) is 0 Å². The molecule has 3 N–H and O–H groups in total. The molecule has 3 fully saturated rings. The zero-order valence-electron chi connectivity index (χ0n) is 27.0. The molecule has 2 aliphatic heterocycles. The summed E-state index contributed by atoms with van der Waals surface area (Å²) < 4.78 is 35.7. The zero-order chi connectivity index (χ0) is 32.4. The van der Waals surface area contributed by atoms with E-state index in [0.717, 1.165) is 69.0 Å². The number of aromatic nitrogens is 2. The quantitative estimate of drug-likeness (QED) is 0.352. The lowest BCUT2D eigenvalue weighted by Gasteiger charge is -2.42. The molecule has 0 bridgehead atoms. The lowest BCUT2D eigenvalue weighted by atomic mass is 9.85. The number of halogens is 2. The number of carbonyl (C=O) groups is 2. The SMILES string of the molecule is COc1cccc(C(=O)NC2CC(N(C)CCC3CCNCC3)C2)c1Nc1ncc2c(n1)N(C1CCCC1)CC(F)(F)C(=O)N2C. The number of carbonyl (C=O) groups excluding carboxylic acids is 2. The molecule has 13 heteroatoms. The van der Waals surface area contributed by atoms with E-state index in [-0.39, 0.29) is 35.4 Å². The molecule has 0 radical (unpaired) electrons. The Morgan fingerprint density at radius 2 is 1.91 bits per heavy atom. The second-order valence-electron chi connectivity index (χ2n) is 13.3. The van der Waals surface area contributed by atoms with Crippen LogP contribution in [0.5, 0.6) is 5.75 Å². The van der Waals surface area contributed by atoms with Gasteiger partial charge in [0.05, 0.1) is 31.1 Å². The van der Waals surface area contributed by atoms with Crippen molar-refractivity contribution in [2.45, 2.75) is 81.8 Å². The number of para-hydroxylation sites is 1. The number of hydrogen-bond donors (Lipinski definition) is 3. The molecule has 46 heavy (non-hydrogen) atoms. The van der Waals surface area contributed by atoms with Gasteiger partial charge in [-0.2, -0.15) is 13.8 Å². The molecule has 6 rings (SSSR count). The van der Waals surface area contributed by atoms with Crippen LogP contribution < -0.4 is 30.5 Å². The van der Waals surface area contributed by atoms with Gasteiger partial charge in [-0.3, -0.25) is 9.59 Å². The van der Waals surface area contributed by atoms with Gasteiger partial charge in [0, 0.05) is 25.2 Å². The van der Waals surface area contributed by atoms with Crippen molar-refractivity contribution in [1.29, 1.82) is 0 Å². The van der Waals surface area contributed by atoms with Crippen LogP contribution in [0.4, 0.5) is 31.9 Å². The number of nitrogens with one attached hydrogen (secondary N) is 3. The van der Waals surface area contributed by atoms with E-state index < -0.39 is 18.4 Å². The summed E-state index contributed by atoms with van der Waals surface area (Å²) in [4.78, 5) is 40.2. The smallest absolute Gasteiger partial charge is 0.342 e. The second kappa shape index (κ2) is 13.6. The summed E-state index contributed by atoms with van der Waals surface area (Å²) in [5, 5.41) is 9.75. The molecule has 0 atom stereocenters. The number of methoxy groups -OCH3 is 1. The fraction of sp³-hybridized carbons (Fsp3) is 0.636. The number of amides is 2. The monoisotopic (exact) mass is 640 g/mol. The average Bonchev–Trinajstić information content (AvgIpc) is 3.56. The van der Waals surface area contributed by atoms with Crippen LogP contribution in [0.2, 0.25) is 0 Å². The number of rotatable bonds is 10. The minimum absolute atomic E-state index is 0.0661. The van der Waals surface area contributed by atoms with Gasteiger partial charge in [-0.05, 0) is 89.7 Å². The maximum Gasteiger partial charge on any atom is 0.342 e. The number of ether oxygens (including phenoxy) is 1. The molecule has 11 nitrogen and oxygen atoms in total. The first-order valence-corrected chi connectivity index (χ1v) is 16.6. The molecular weight excluding hydrogens is 594 g/mol. The van der Waals surface area contributed by atoms with Crippen LogP contribution in [0.3, 0.4) is 0 Å². The Kier molecular flexibility index (Phi) is 9.60. The highest BCUT2D eigenvalue weighted by atomic mass is 19.3. The number of nitrogens with zero attached hydrogens (tertiary/aromatic N) is 5. The van der Waals surface area contributed by atoms with Crippen LogP contribution in [0.15, 0.2) is 24.4 Å². The molecule has 1 aromatic heterocycles. The third kappa shape index (κ3) is 6.76. The van der Waals surface area contributed by atoms with Gasteiger partial charge in [0.2, 0.25) is 5.95 Å². The minimum atomic E-state index is -3.57. The fourth-order valence-electron chi connectivity index (χ4n) is 7.30. The summed E-state index contributed by atoms with van der Waals surface area (Å²) in [7, 11) is 5.02. The number of piperidine rings is 1. The van der Waals surface area contributed by atoms with E-state index >= 15 is 8.78 Å². The Morgan fingerprint density at radius 1 is 1.17 bits per heavy atom. The molecule has 2 aromatic rings. The van der Waals surface area contributed by atoms with Crippen molar-refractivity contribution in [2.75, 3.05) is 62.5 Å².